The van der Waals surface area contributed by atoms with Gasteiger partial charge in [0.1, 0.15) is 0 Å². The lowest BCUT2D eigenvalue weighted by Crippen LogP contribution is -2.36. The summed E-state index contributed by atoms with van der Waals surface area (Å²) in [5, 5.41) is 4.05. The molecule has 1 aliphatic heterocycles. The number of nitrogens with two attached hydrogens (primary N) is 1. The van der Waals surface area contributed by atoms with Gasteiger partial charge in [-0.2, -0.15) is 13.2 Å². The summed E-state index contributed by atoms with van der Waals surface area (Å²) in [7, 11) is 0. The fourth-order valence-electron chi connectivity index (χ4n) is 2.70. The molecule has 10 heteroatoms. The second-order valence-corrected chi connectivity index (χ2v) is 6.68. The SMILES string of the molecule is CC(NC(N)=NC1CCN(CC(F)(F)F)C1)c1ccc(Cl)cc1Cl.I. The molecule has 25 heavy (non-hydrogen) atoms. The van der Waals surface area contributed by atoms with Crippen LogP contribution in [0.5, 0.6) is 0 Å². The van der Waals surface area contributed by atoms with Crippen molar-refractivity contribution in [2.45, 2.75) is 31.6 Å². The molecule has 1 saturated heterocycles. The largest absolute Gasteiger partial charge is 0.401 e. The number of alkyl halides is 3. The van der Waals surface area contributed by atoms with Crippen molar-refractivity contribution in [3.63, 3.8) is 0 Å². The molecule has 0 bridgehead atoms. The normalized spacial score (nSPS) is 20.2. The van der Waals surface area contributed by atoms with Crippen LogP contribution in [0.2, 0.25) is 10.0 Å². The van der Waals surface area contributed by atoms with Gasteiger partial charge < -0.3 is 11.1 Å². The van der Waals surface area contributed by atoms with Crippen molar-refractivity contribution in [1.82, 2.24) is 10.2 Å². The predicted molar refractivity (Wildman–Crippen MR) is 106 cm³/mol. The van der Waals surface area contributed by atoms with E-state index in [9.17, 15) is 13.2 Å². The first-order chi connectivity index (χ1) is 11.1. The zero-order valence-electron chi connectivity index (χ0n) is 13.5. The Hall–Kier alpha value is -0.450. The van der Waals surface area contributed by atoms with Crippen molar-refractivity contribution in [3.8, 4) is 0 Å². The van der Waals surface area contributed by atoms with Gasteiger partial charge in [0.2, 0.25) is 0 Å². The van der Waals surface area contributed by atoms with Crippen molar-refractivity contribution in [3.05, 3.63) is 33.8 Å². The molecule has 0 spiro atoms. The van der Waals surface area contributed by atoms with Crippen LogP contribution >= 0.6 is 47.2 Å². The fourth-order valence-corrected chi connectivity index (χ4v) is 3.27. The lowest BCUT2D eigenvalue weighted by molar-refractivity contribution is -0.143. The Balaban J connectivity index is 0.00000312. The predicted octanol–water partition coefficient (Wildman–Crippen LogP) is 4.21. The topological polar surface area (TPSA) is 53.6 Å². The first-order valence-corrected chi connectivity index (χ1v) is 8.23. The molecule has 1 heterocycles. The molecule has 1 fully saturated rings. The van der Waals surface area contributed by atoms with E-state index < -0.39 is 12.7 Å². The van der Waals surface area contributed by atoms with E-state index in [0.717, 1.165) is 5.56 Å². The maximum Gasteiger partial charge on any atom is 0.401 e. The lowest BCUT2D eigenvalue weighted by atomic mass is 10.1. The number of hydrogen-bond donors (Lipinski definition) is 2. The first-order valence-electron chi connectivity index (χ1n) is 7.48. The number of benzene rings is 1. The lowest BCUT2D eigenvalue weighted by Gasteiger charge is -2.18. The van der Waals surface area contributed by atoms with Crippen LogP contribution < -0.4 is 11.1 Å². The summed E-state index contributed by atoms with van der Waals surface area (Å²) < 4.78 is 37.2. The van der Waals surface area contributed by atoms with Gasteiger partial charge in [-0.3, -0.25) is 4.90 Å². The van der Waals surface area contributed by atoms with Crippen LogP contribution in [0.3, 0.4) is 0 Å². The molecule has 2 unspecified atom stereocenters. The zero-order chi connectivity index (χ0) is 17.9. The number of likely N-dealkylation sites (tertiary alicyclic amines) is 1. The van der Waals surface area contributed by atoms with Crippen LogP contribution in [0.1, 0.15) is 24.9 Å². The minimum atomic E-state index is -4.19. The molecule has 2 rings (SSSR count). The molecule has 0 radical (unpaired) electrons. The molecule has 0 amide bonds. The molecule has 1 aromatic rings. The molecular weight excluding hydrogens is 491 g/mol. The summed E-state index contributed by atoms with van der Waals surface area (Å²) in [5.74, 6) is 0.187. The quantitative estimate of drug-likeness (QED) is 0.362. The summed E-state index contributed by atoms with van der Waals surface area (Å²) >= 11 is 12.0. The molecule has 1 aromatic carbocycles. The molecule has 0 aliphatic carbocycles. The van der Waals surface area contributed by atoms with E-state index in [-0.39, 0.29) is 48.6 Å². The standard InChI is InChI=1S/C15H19Cl2F3N4.HI/c1-9(12-3-2-10(16)6-13(12)17)22-14(21)23-11-4-5-24(7-11)8-15(18,19)20;/h2-3,6,9,11H,4-5,7-8H2,1H3,(H3,21,22,23);1H. The van der Waals surface area contributed by atoms with E-state index in [1.807, 2.05) is 6.92 Å². The van der Waals surface area contributed by atoms with Gasteiger partial charge in [-0.25, -0.2) is 4.99 Å². The van der Waals surface area contributed by atoms with Gasteiger partial charge in [0.15, 0.2) is 5.96 Å². The summed E-state index contributed by atoms with van der Waals surface area (Å²) in [6, 6.07) is 4.70. The summed E-state index contributed by atoms with van der Waals surface area (Å²) in [4.78, 5) is 5.61. The number of aliphatic imine (C=N–C) groups is 1. The van der Waals surface area contributed by atoms with E-state index in [2.05, 4.69) is 10.3 Å². The number of guanidine groups is 1. The third-order valence-corrected chi connectivity index (χ3v) is 4.33. The first kappa shape index (κ1) is 22.6. The highest BCUT2D eigenvalue weighted by molar-refractivity contribution is 14.0. The molecule has 4 nitrogen and oxygen atoms in total. The smallest absolute Gasteiger partial charge is 0.370 e. The van der Waals surface area contributed by atoms with E-state index in [1.54, 1.807) is 18.2 Å². The Morgan fingerprint density at radius 1 is 1.44 bits per heavy atom. The second kappa shape index (κ2) is 9.48. The highest BCUT2D eigenvalue weighted by Gasteiger charge is 2.34. The van der Waals surface area contributed by atoms with E-state index in [1.165, 1.54) is 4.90 Å². The Labute approximate surface area is 172 Å². The van der Waals surface area contributed by atoms with Gasteiger partial charge in [-0.15, -0.1) is 24.0 Å². The third kappa shape index (κ3) is 7.36. The number of nitrogens with one attached hydrogen (secondary N) is 1. The molecule has 0 saturated carbocycles. The molecule has 142 valence electrons. The third-order valence-electron chi connectivity index (χ3n) is 3.77. The van der Waals surface area contributed by atoms with Crippen molar-refractivity contribution in [2.24, 2.45) is 10.7 Å². The van der Waals surface area contributed by atoms with Gasteiger partial charge in [-0.05, 0) is 31.0 Å². The van der Waals surface area contributed by atoms with Gasteiger partial charge in [0.05, 0.1) is 18.6 Å². The van der Waals surface area contributed by atoms with Gasteiger partial charge in [0, 0.05) is 23.1 Å². The average molecular weight is 511 g/mol. The molecule has 3 N–H and O–H groups in total. The summed E-state index contributed by atoms with van der Waals surface area (Å²) in [5.41, 5.74) is 6.68. The number of rotatable bonds is 4. The van der Waals surface area contributed by atoms with Crippen LogP contribution in [0.25, 0.3) is 0 Å². The van der Waals surface area contributed by atoms with E-state index >= 15 is 0 Å². The molecule has 0 aromatic heterocycles. The molecular formula is C15H20Cl2F3IN4. The van der Waals surface area contributed by atoms with Crippen LogP contribution in [-0.2, 0) is 0 Å². The monoisotopic (exact) mass is 510 g/mol. The van der Waals surface area contributed by atoms with Crippen molar-refractivity contribution in [1.29, 1.82) is 0 Å². The summed E-state index contributed by atoms with van der Waals surface area (Å²) in [6.07, 6.45) is -3.64. The van der Waals surface area contributed by atoms with Crippen molar-refractivity contribution >= 4 is 53.1 Å². The van der Waals surface area contributed by atoms with Gasteiger partial charge >= 0.3 is 6.18 Å². The average Bonchev–Trinajstić information content (AvgIpc) is 2.82. The van der Waals surface area contributed by atoms with E-state index in [0.29, 0.717) is 23.0 Å². The van der Waals surface area contributed by atoms with Gasteiger partial charge in [0.25, 0.3) is 0 Å². The summed E-state index contributed by atoms with van der Waals surface area (Å²) in [6.45, 7) is 1.56. The Kier molecular flexibility index (Phi) is 8.56. The number of nitrogens with zero attached hydrogens (tertiary/aromatic N) is 2. The minimum absolute atomic E-state index is 0. The van der Waals surface area contributed by atoms with Crippen LogP contribution in [0.15, 0.2) is 23.2 Å². The van der Waals surface area contributed by atoms with Gasteiger partial charge in [-0.1, -0.05) is 29.3 Å². The van der Waals surface area contributed by atoms with E-state index in [4.69, 9.17) is 28.9 Å². The maximum absolute atomic E-state index is 12.4. The molecule has 2 atom stereocenters. The zero-order valence-corrected chi connectivity index (χ0v) is 17.3. The van der Waals surface area contributed by atoms with Crippen molar-refractivity contribution < 1.29 is 13.2 Å². The van der Waals surface area contributed by atoms with Crippen molar-refractivity contribution in [2.75, 3.05) is 19.6 Å². The van der Waals surface area contributed by atoms with Crippen LogP contribution in [0, 0.1) is 0 Å². The van der Waals surface area contributed by atoms with Crippen LogP contribution in [-0.4, -0.2) is 42.7 Å². The fraction of sp³-hybridized carbons (Fsp3) is 0.533. The maximum atomic E-state index is 12.4. The highest BCUT2D eigenvalue weighted by Crippen LogP contribution is 2.26. The molecule has 1 aliphatic rings. The Morgan fingerprint density at radius 3 is 2.72 bits per heavy atom. The number of halogens is 6. The Bertz CT molecular complexity index is 613. The Morgan fingerprint density at radius 2 is 2.12 bits per heavy atom. The minimum Gasteiger partial charge on any atom is -0.370 e. The highest BCUT2D eigenvalue weighted by atomic mass is 127. The van der Waals surface area contributed by atoms with Crippen LogP contribution in [0.4, 0.5) is 13.2 Å². The second-order valence-electron chi connectivity index (χ2n) is 5.84. The number of hydrogen-bond acceptors (Lipinski definition) is 2.